The van der Waals surface area contributed by atoms with Crippen molar-refractivity contribution in [2.24, 2.45) is 0 Å². The SMILES string of the molecule is CNc1ncccc1S(=O)(=O)N1CCCC1CCCO. The molecule has 1 aromatic rings. The first kappa shape index (κ1) is 15.2. The molecular weight excluding hydrogens is 278 g/mol. The molecule has 2 heterocycles. The van der Waals surface area contributed by atoms with Crippen LogP contribution in [0, 0.1) is 0 Å². The summed E-state index contributed by atoms with van der Waals surface area (Å²) in [5, 5.41) is 11.8. The zero-order valence-electron chi connectivity index (χ0n) is 11.6. The van der Waals surface area contributed by atoms with Gasteiger partial charge in [0.1, 0.15) is 10.7 Å². The molecule has 1 aliphatic heterocycles. The van der Waals surface area contributed by atoms with E-state index in [9.17, 15) is 8.42 Å². The van der Waals surface area contributed by atoms with Crippen molar-refractivity contribution >= 4 is 15.8 Å². The molecule has 0 amide bonds. The fraction of sp³-hybridized carbons (Fsp3) is 0.615. The first-order valence-corrected chi connectivity index (χ1v) is 8.30. The molecule has 0 bridgehead atoms. The lowest BCUT2D eigenvalue weighted by atomic mass is 10.1. The van der Waals surface area contributed by atoms with E-state index in [0.717, 1.165) is 12.8 Å². The maximum absolute atomic E-state index is 12.8. The van der Waals surface area contributed by atoms with E-state index in [-0.39, 0.29) is 17.5 Å². The van der Waals surface area contributed by atoms with E-state index in [1.807, 2.05) is 0 Å². The summed E-state index contributed by atoms with van der Waals surface area (Å²) >= 11 is 0. The van der Waals surface area contributed by atoms with Crippen LogP contribution in [0.2, 0.25) is 0 Å². The van der Waals surface area contributed by atoms with Gasteiger partial charge in [0.15, 0.2) is 0 Å². The van der Waals surface area contributed by atoms with E-state index in [4.69, 9.17) is 5.11 Å². The third-order valence-corrected chi connectivity index (χ3v) is 5.60. The van der Waals surface area contributed by atoms with E-state index in [1.165, 1.54) is 0 Å². The molecule has 1 saturated heterocycles. The normalized spacial score (nSPS) is 20.2. The van der Waals surface area contributed by atoms with Gasteiger partial charge in [-0.3, -0.25) is 0 Å². The molecule has 112 valence electrons. The predicted molar refractivity (Wildman–Crippen MR) is 77.0 cm³/mol. The van der Waals surface area contributed by atoms with Crippen LogP contribution in [0.15, 0.2) is 23.2 Å². The average molecular weight is 299 g/mol. The highest BCUT2D eigenvalue weighted by molar-refractivity contribution is 7.89. The van der Waals surface area contributed by atoms with Crippen LogP contribution in [0.5, 0.6) is 0 Å². The Bertz CT molecular complexity index is 548. The molecule has 20 heavy (non-hydrogen) atoms. The van der Waals surface area contributed by atoms with Gasteiger partial charge in [0, 0.05) is 32.4 Å². The number of nitrogens with zero attached hydrogens (tertiary/aromatic N) is 2. The molecule has 0 aromatic carbocycles. The van der Waals surface area contributed by atoms with Crippen molar-refractivity contribution in [3.05, 3.63) is 18.3 Å². The van der Waals surface area contributed by atoms with Crippen LogP contribution in [-0.4, -0.2) is 49.1 Å². The Morgan fingerprint density at radius 2 is 2.35 bits per heavy atom. The molecular formula is C13H21N3O3S. The molecule has 2 rings (SSSR count). The summed E-state index contributed by atoms with van der Waals surface area (Å²) in [6.45, 7) is 0.634. The fourth-order valence-corrected chi connectivity index (χ4v) is 4.53. The molecule has 0 radical (unpaired) electrons. The Kier molecular flexibility index (Phi) is 4.95. The summed E-state index contributed by atoms with van der Waals surface area (Å²) in [5.41, 5.74) is 0. The number of hydrogen-bond acceptors (Lipinski definition) is 5. The second-order valence-corrected chi connectivity index (χ2v) is 6.74. The molecule has 0 aliphatic carbocycles. The van der Waals surface area contributed by atoms with Gasteiger partial charge < -0.3 is 10.4 Å². The first-order chi connectivity index (χ1) is 9.61. The molecule has 0 saturated carbocycles. The van der Waals surface area contributed by atoms with Crippen LogP contribution in [0.4, 0.5) is 5.82 Å². The molecule has 1 aliphatic rings. The van der Waals surface area contributed by atoms with Gasteiger partial charge in [-0.1, -0.05) is 0 Å². The summed E-state index contributed by atoms with van der Waals surface area (Å²) in [7, 11) is -1.87. The summed E-state index contributed by atoms with van der Waals surface area (Å²) in [6.07, 6.45) is 4.62. The monoisotopic (exact) mass is 299 g/mol. The van der Waals surface area contributed by atoms with Crippen LogP contribution < -0.4 is 5.32 Å². The number of aliphatic hydroxyl groups excluding tert-OH is 1. The molecule has 1 fully saturated rings. The Hall–Kier alpha value is -1.18. The Morgan fingerprint density at radius 1 is 1.55 bits per heavy atom. The minimum Gasteiger partial charge on any atom is -0.396 e. The van der Waals surface area contributed by atoms with Crippen molar-refractivity contribution < 1.29 is 13.5 Å². The van der Waals surface area contributed by atoms with Crippen LogP contribution in [-0.2, 0) is 10.0 Å². The van der Waals surface area contributed by atoms with Gasteiger partial charge in [0.25, 0.3) is 0 Å². The highest BCUT2D eigenvalue weighted by Gasteiger charge is 2.36. The predicted octanol–water partition coefficient (Wildman–Crippen LogP) is 1.05. The molecule has 1 unspecified atom stereocenters. The lowest BCUT2D eigenvalue weighted by Gasteiger charge is -2.24. The van der Waals surface area contributed by atoms with Crippen molar-refractivity contribution in [3.8, 4) is 0 Å². The zero-order valence-corrected chi connectivity index (χ0v) is 12.4. The molecule has 2 N–H and O–H groups in total. The number of hydrogen-bond donors (Lipinski definition) is 2. The van der Waals surface area contributed by atoms with Crippen molar-refractivity contribution in [1.29, 1.82) is 0 Å². The molecule has 1 aromatic heterocycles. The van der Waals surface area contributed by atoms with Crippen LogP contribution >= 0.6 is 0 Å². The van der Waals surface area contributed by atoms with Gasteiger partial charge in [0.2, 0.25) is 10.0 Å². The number of sulfonamides is 1. The summed E-state index contributed by atoms with van der Waals surface area (Å²) in [5.74, 6) is 0.375. The second kappa shape index (κ2) is 6.51. The van der Waals surface area contributed by atoms with Crippen LogP contribution in [0.25, 0.3) is 0 Å². The zero-order chi connectivity index (χ0) is 14.6. The number of pyridine rings is 1. The van der Waals surface area contributed by atoms with Crippen molar-refractivity contribution in [3.63, 3.8) is 0 Å². The van der Waals surface area contributed by atoms with E-state index in [2.05, 4.69) is 10.3 Å². The van der Waals surface area contributed by atoms with Gasteiger partial charge in [-0.15, -0.1) is 0 Å². The molecule has 7 heteroatoms. The molecule has 0 spiro atoms. The number of rotatable bonds is 6. The first-order valence-electron chi connectivity index (χ1n) is 6.86. The number of nitrogens with one attached hydrogen (secondary N) is 1. The van der Waals surface area contributed by atoms with Crippen molar-refractivity contribution in [1.82, 2.24) is 9.29 Å². The largest absolute Gasteiger partial charge is 0.396 e. The maximum atomic E-state index is 12.8. The lowest BCUT2D eigenvalue weighted by Crippen LogP contribution is -2.36. The van der Waals surface area contributed by atoms with E-state index in [1.54, 1.807) is 29.7 Å². The summed E-state index contributed by atoms with van der Waals surface area (Å²) in [6, 6.07) is 3.19. The molecule has 6 nitrogen and oxygen atoms in total. The fourth-order valence-electron chi connectivity index (χ4n) is 2.65. The van der Waals surface area contributed by atoms with Crippen LogP contribution in [0.3, 0.4) is 0 Å². The van der Waals surface area contributed by atoms with E-state index >= 15 is 0 Å². The van der Waals surface area contributed by atoms with E-state index < -0.39 is 10.0 Å². The third-order valence-electron chi connectivity index (χ3n) is 3.61. The minimum atomic E-state index is -3.53. The number of anilines is 1. The topological polar surface area (TPSA) is 82.5 Å². The maximum Gasteiger partial charge on any atom is 0.246 e. The number of aliphatic hydroxyl groups is 1. The third kappa shape index (κ3) is 2.94. The number of aromatic nitrogens is 1. The van der Waals surface area contributed by atoms with Gasteiger partial charge in [0.05, 0.1) is 0 Å². The van der Waals surface area contributed by atoms with Crippen LogP contribution in [0.1, 0.15) is 25.7 Å². The summed E-state index contributed by atoms with van der Waals surface area (Å²) < 4.78 is 27.1. The van der Waals surface area contributed by atoms with Gasteiger partial charge in [-0.2, -0.15) is 4.31 Å². The Labute approximate surface area is 119 Å². The van der Waals surface area contributed by atoms with E-state index in [0.29, 0.717) is 25.2 Å². The Balaban J connectivity index is 2.29. The van der Waals surface area contributed by atoms with Crippen molar-refractivity contribution in [2.45, 2.75) is 36.6 Å². The van der Waals surface area contributed by atoms with Crippen molar-refractivity contribution in [2.75, 3.05) is 25.5 Å². The van der Waals surface area contributed by atoms with Gasteiger partial charge >= 0.3 is 0 Å². The Morgan fingerprint density at radius 3 is 3.05 bits per heavy atom. The summed E-state index contributed by atoms with van der Waals surface area (Å²) in [4.78, 5) is 4.29. The smallest absolute Gasteiger partial charge is 0.246 e. The standard InChI is InChI=1S/C13H21N3O3S/c1-14-13-12(7-2-8-15-13)20(18,19)16-9-3-5-11(16)6-4-10-17/h2,7-8,11,17H,3-6,9-10H2,1H3,(H,14,15). The highest BCUT2D eigenvalue weighted by atomic mass is 32.2. The highest BCUT2D eigenvalue weighted by Crippen LogP contribution is 2.30. The second-order valence-electron chi connectivity index (χ2n) is 4.88. The minimum absolute atomic E-state index is 0.0166. The quantitative estimate of drug-likeness (QED) is 0.820. The van der Waals surface area contributed by atoms with Gasteiger partial charge in [-0.25, -0.2) is 13.4 Å². The lowest BCUT2D eigenvalue weighted by molar-refractivity contribution is 0.264. The molecule has 1 atom stereocenters. The average Bonchev–Trinajstić information content (AvgIpc) is 2.94. The van der Waals surface area contributed by atoms with Gasteiger partial charge in [-0.05, 0) is 37.8 Å².